The maximum absolute atomic E-state index is 13.1. The van der Waals surface area contributed by atoms with Gasteiger partial charge in [0, 0.05) is 18.3 Å². The number of halogens is 3. The predicted octanol–water partition coefficient (Wildman–Crippen LogP) is 4.35. The van der Waals surface area contributed by atoms with Crippen LogP contribution in [0.15, 0.2) is 18.2 Å². The maximum Gasteiger partial charge on any atom is 0.417 e. The number of nitriles is 1. The molecule has 2 fully saturated rings. The fraction of sp³-hybridized carbons (Fsp3) is 0.562. The van der Waals surface area contributed by atoms with E-state index in [1.165, 1.54) is 18.9 Å². The Hall–Kier alpha value is -1.70. The molecule has 1 saturated heterocycles. The fourth-order valence-corrected chi connectivity index (χ4v) is 3.82. The quantitative estimate of drug-likeness (QED) is 0.770. The van der Waals surface area contributed by atoms with Crippen LogP contribution in [0.4, 0.5) is 18.9 Å². The molecule has 1 aromatic rings. The molecule has 0 N–H and O–H groups in total. The van der Waals surface area contributed by atoms with E-state index < -0.39 is 11.7 Å². The summed E-state index contributed by atoms with van der Waals surface area (Å²) in [4.78, 5) is 2.12. The highest BCUT2D eigenvalue weighted by molar-refractivity contribution is 5.56. The zero-order valence-electron chi connectivity index (χ0n) is 11.7. The molecule has 0 bridgehead atoms. The second-order valence-corrected chi connectivity index (χ2v) is 5.93. The maximum atomic E-state index is 13.1. The summed E-state index contributed by atoms with van der Waals surface area (Å²) in [6, 6.07) is 6.12. The van der Waals surface area contributed by atoms with E-state index in [0.29, 0.717) is 17.6 Å². The highest BCUT2D eigenvalue weighted by Crippen LogP contribution is 2.41. The van der Waals surface area contributed by atoms with Gasteiger partial charge in [-0.1, -0.05) is 6.42 Å². The van der Waals surface area contributed by atoms with Gasteiger partial charge in [-0.25, -0.2) is 0 Å². The highest BCUT2D eigenvalue weighted by Gasteiger charge is 2.37. The number of piperidine rings is 1. The molecule has 2 aliphatic rings. The number of hydrogen-bond donors (Lipinski definition) is 0. The molecule has 1 saturated carbocycles. The second kappa shape index (κ2) is 5.25. The van der Waals surface area contributed by atoms with Crippen molar-refractivity contribution < 1.29 is 13.2 Å². The minimum atomic E-state index is -4.48. The van der Waals surface area contributed by atoms with Gasteiger partial charge in [0.1, 0.15) is 0 Å². The van der Waals surface area contributed by atoms with Gasteiger partial charge in [-0.2, -0.15) is 18.4 Å². The zero-order valence-corrected chi connectivity index (χ0v) is 11.7. The molecular weight excluding hydrogens is 277 g/mol. The van der Waals surface area contributed by atoms with Crippen LogP contribution in [0.25, 0.3) is 0 Å². The number of anilines is 1. The first-order valence-corrected chi connectivity index (χ1v) is 7.38. The Morgan fingerprint density at radius 1 is 1.14 bits per heavy atom. The molecule has 0 amide bonds. The van der Waals surface area contributed by atoms with Gasteiger partial charge in [0.2, 0.25) is 0 Å². The average Bonchev–Trinajstić information content (AvgIpc) is 2.94. The van der Waals surface area contributed by atoms with E-state index >= 15 is 0 Å². The monoisotopic (exact) mass is 294 g/mol. The molecule has 21 heavy (non-hydrogen) atoms. The number of nitrogens with zero attached hydrogens (tertiary/aromatic N) is 2. The van der Waals surface area contributed by atoms with Gasteiger partial charge in [0.15, 0.2) is 0 Å². The fourth-order valence-electron chi connectivity index (χ4n) is 3.82. The van der Waals surface area contributed by atoms with Crippen molar-refractivity contribution in [3.8, 4) is 6.07 Å². The Morgan fingerprint density at radius 3 is 2.62 bits per heavy atom. The van der Waals surface area contributed by atoms with Gasteiger partial charge in [0.05, 0.1) is 17.2 Å². The van der Waals surface area contributed by atoms with Crippen molar-refractivity contribution in [3.05, 3.63) is 29.3 Å². The van der Waals surface area contributed by atoms with Crippen LogP contribution in [-0.2, 0) is 6.18 Å². The Kier molecular flexibility index (Phi) is 3.56. The molecule has 0 radical (unpaired) electrons. The number of rotatable bonds is 1. The van der Waals surface area contributed by atoms with E-state index in [4.69, 9.17) is 5.26 Å². The van der Waals surface area contributed by atoms with Gasteiger partial charge in [-0.05, 0) is 49.8 Å². The van der Waals surface area contributed by atoms with Crippen molar-refractivity contribution in [2.75, 3.05) is 11.4 Å². The van der Waals surface area contributed by atoms with Gasteiger partial charge < -0.3 is 4.90 Å². The third-order valence-electron chi connectivity index (χ3n) is 4.75. The standard InChI is InChI=1S/C16H17F3N2/c17-16(18,19)14-9-13(7-6-12(14)10-20)21-8-2-4-11-3-1-5-15(11)21/h6-7,9,11,15H,1-5,8H2. The summed E-state index contributed by atoms with van der Waals surface area (Å²) < 4.78 is 39.2. The number of hydrogen-bond acceptors (Lipinski definition) is 2. The third-order valence-corrected chi connectivity index (χ3v) is 4.75. The molecule has 2 nitrogen and oxygen atoms in total. The summed E-state index contributed by atoms with van der Waals surface area (Å²) in [7, 11) is 0. The molecular formula is C16H17F3N2. The molecule has 0 aromatic heterocycles. The van der Waals surface area contributed by atoms with Crippen LogP contribution in [0.5, 0.6) is 0 Å². The van der Waals surface area contributed by atoms with E-state index in [0.717, 1.165) is 31.9 Å². The second-order valence-electron chi connectivity index (χ2n) is 5.93. The van der Waals surface area contributed by atoms with E-state index in [9.17, 15) is 13.2 Å². The van der Waals surface area contributed by atoms with E-state index in [1.807, 2.05) is 0 Å². The molecule has 1 aliphatic carbocycles. The van der Waals surface area contributed by atoms with Gasteiger partial charge in [0.25, 0.3) is 0 Å². The van der Waals surface area contributed by atoms with Crippen molar-refractivity contribution >= 4 is 5.69 Å². The van der Waals surface area contributed by atoms with Crippen molar-refractivity contribution in [3.63, 3.8) is 0 Å². The molecule has 1 aromatic carbocycles. The molecule has 3 rings (SSSR count). The first-order valence-electron chi connectivity index (χ1n) is 7.38. The van der Waals surface area contributed by atoms with Gasteiger partial charge >= 0.3 is 6.18 Å². The summed E-state index contributed by atoms with van der Waals surface area (Å²) >= 11 is 0. The molecule has 2 atom stereocenters. The smallest absolute Gasteiger partial charge is 0.368 e. The van der Waals surface area contributed by atoms with Crippen LogP contribution in [0.2, 0.25) is 0 Å². The minimum Gasteiger partial charge on any atom is -0.368 e. The predicted molar refractivity (Wildman–Crippen MR) is 73.9 cm³/mol. The van der Waals surface area contributed by atoms with Crippen LogP contribution in [0.3, 0.4) is 0 Å². The van der Waals surface area contributed by atoms with Crippen molar-refractivity contribution in [2.45, 2.75) is 44.3 Å². The van der Waals surface area contributed by atoms with Crippen LogP contribution in [-0.4, -0.2) is 12.6 Å². The van der Waals surface area contributed by atoms with Crippen LogP contribution in [0.1, 0.15) is 43.2 Å². The Morgan fingerprint density at radius 2 is 1.90 bits per heavy atom. The van der Waals surface area contributed by atoms with E-state index in [1.54, 1.807) is 12.1 Å². The lowest BCUT2D eigenvalue weighted by Crippen LogP contribution is -2.42. The van der Waals surface area contributed by atoms with Crippen molar-refractivity contribution in [1.29, 1.82) is 5.26 Å². The summed E-state index contributed by atoms with van der Waals surface area (Å²) in [6.07, 6.45) is 1.14. The molecule has 2 unspecified atom stereocenters. The normalized spacial score (nSPS) is 25.5. The average molecular weight is 294 g/mol. The Labute approximate surface area is 122 Å². The highest BCUT2D eigenvalue weighted by atomic mass is 19.4. The molecule has 1 aliphatic heterocycles. The molecule has 0 spiro atoms. The Bertz CT molecular complexity index is 574. The SMILES string of the molecule is N#Cc1ccc(N2CCCC3CCCC32)cc1C(F)(F)F. The lowest BCUT2D eigenvalue weighted by atomic mass is 9.91. The molecule has 1 heterocycles. The van der Waals surface area contributed by atoms with E-state index in [2.05, 4.69) is 4.90 Å². The van der Waals surface area contributed by atoms with Crippen LogP contribution < -0.4 is 4.90 Å². The number of alkyl halides is 3. The number of fused-ring (bicyclic) bond motifs is 1. The summed E-state index contributed by atoms with van der Waals surface area (Å²) in [6.45, 7) is 0.810. The minimum absolute atomic E-state index is 0.300. The van der Waals surface area contributed by atoms with Crippen LogP contribution >= 0.6 is 0 Å². The lowest BCUT2D eigenvalue weighted by molar-refractivity contribution is -0.137. The summed E-state index contributed by atoms with van der Waals surface area (Å²) in [5.74, 6) is 0.615. The first-order chi connectivity index (χ1) is 10.0. The Balaban J connectivity index is 1.97. The molecule has 5 heteroatoms. The zero-order chi connectivity index (χ0) is 15.0. The van der Waals surface area contributed by atoms with E-state index in [-0.39, 0.29) is 5.56 Å². The topological polar surface area (TPSA) is 27.0 Å². The first kappa shape index (κ1) is 14.2. The summed E-state index contributed by atoms with van der Waals surface area (Å²) in [5, 5.41) is 8.87. The number of benzene rings is 1. The van der Waals surface area contributed by atoms with Crippen LogP contribution in [0, 0.1) is 17.2 Å². The van der Waals surface area contributed by atoms with Crippen molar-refractivity contribution in [2.24, 2.45) is 5.92 Å². The lowest BCUT2D eigenvalue weighted by Gasteiger charge is -2.39. The summed E-state index contributed by atoms with van der Waals surface area (Å²) in [5.41, 5.74) is -0.508. The molecule has 112 valence electrons. The third kappa shape index (κ3) is 2.59. The van der Waals surface area contributed by atoms with Crippen molar-refractivity contribution in [1.82, 2.24) is 0 Å². The largest absolute Gasteiger partial charge is 0.417 e. The van der Waals surface area contributed by atoms with Gasteiger partial charge in [-0.15, -0.1) is 0 Å². The van der Waals surface area contributed by atoms with Gasteiger partial charge in [-0.3, -0.25) is 0 Å².